The Hall–Kier alpha value is -2.95. The second-order valence-electron chi connectivity index (χ2n) is 5.87. The van der Waals surface area contributed by atoms with Crippen LogP contribution in [0, 0.1) is 0 Å². The third kappa shape index (κ3) is 3.18. The summed E-state index contributed by atoms with van der Waals surface area (Å²) in [6.07, 6.45) is 1.77. The first-order valence-electron chi connectivity index (χ1n) is 8.36. The zero-order chi connectivity index (χ0) is 18.0. The molecular weight excluding hydrogens is 318 g/mol. The number of phenols is 1. The number of phenolic OH excluding ortho intramolecular Hbond substituents is 1. The first-order valence-corrected chi connectivity index (χ1v) is 8.36. The summed E-state index contributed by atoms with van der Waals surface area (Å²) in [4.78, 5) is 12.6. The summed E-state index contributed by atoms with van der Waals surface area (Å²) in [6.45, 7) is 4.12. The van der Waals surface area contributed by atoms with Crippen LogP contribution < -0.4 is 5.73 Å². The molecule has 3 rings (SSSR count). The number of hydrogen-bond donors (Lipinski definition) is 2. The van der Waals surface area contributed by atoms with E-state index in [4.69, 9.17) is 14.9 Å². The molecule has 5 heteroatoms. The number of hydrogen-bond acceptors (Lipinski definition) is 5. The average Bonchev–Trinajstić information content (AvgIpc) is 2.94. The monoisotopic (exact) mass is 339 g/mol. The number of benzene rings is 2. The van der Waals surface area contributed by atoms with E-state index in [1.807, 2.05) is 6.07 Å². The van der Waals surface area contributed by atoms with Gasteiger partial charge in [0.25, 0.3) is 0 Å². The lowest BCUT2D eigenvalue weighted by molar-refractivity contribution is 0.0529. The maximum absolute atomic E-state index is 12.6. The van der Waals surface area contributed by atoms with Crippen molar-refractivity contribution in [3.05, 3.63) is 47.5 Å². The minimum absolute atomic E-state index is 0.145. The fourth-order valence-electron chi connectivity index (χ4n) is 2.91. The van der Waals surface area contributed by atoms with Gasteiger partial charge >= 0.3 is 5.97 Å². The van der Waals surface area contributed by atoms with Crippen LogP contribution in [-0.2, 0) is 11.2 Å². The summed E-state index contributed by atoms with van der Waals surface area (Å²) >= 11 is 0. The van der Waals surface area contributed by atoms with Crippen molar-refractivity contribution in [3.63, 3.8) is 0 Å². The molecule has 0 amide bonds. The predicted octanol–water partition coefficient (Wildman–Crippen LogP) is 4.52. The molecule has 0 aliphatic heterocycles. The Morgan fingerprint density at radius 1 is 1.20 bits per heavy atom. The standard InChI is InChI=1S/C20H21NO4/c1-3-5-13-10-15-17(11-16(13)21)25-19(18(15)20(23)24-4-2)12-6-8-14(22)9-7-12/h6-11,22H,3-5,21H2,1-2H3. The molecule has 0 saturated heterocycles. The van der Waals surface area contributed by atoms with E-state index in [0.29, 0.717) is 33.5 Å². The van der Waals surface area contributed by atoms with E-state index >= 15 is 0 Å². The molecule has 130 valence electrons. The van der Waals surface area contributed by atoms with E-state index in [9.17, 15) is 9.90 Å². The van der Waals surface area contributed by atoms with Crippen molar-refractivity contribution in [2.24, 2.45) is 0 Å². The first kappa shape index (κ1) is 16.9. The summed E-state index contributed by atoms with van der Waals surface area (Å²) in [5.41, 5.74) is 9.37. The summed E-state index contributed by atoms with van der Waals surface area (Å²) in [5, 5.41) is 10.2. The van der Waals surface area contributed by atoms with Crippen LogP contribution in [0.15, 0.2) is 40.8 Å². The molecule has 1 aromatic heterocycles. The summed E-state index contributed by atoms with van der Waals surface area (Å²) in [7, 11) is 0. The Morgan fingerprint density at radius 3 is 2.56 bits per heavy atom. The number of carbonyl (C=O) groups is 1. The van der Waals surface area contributed by atoms with Gasteiger partial charge in [-0.3, -0.25) is 0 Å². The third-order valence-electron chi connectivity index (χ3n) is 4.08. The summed E-state index contributed by atoms with van der Waals surface area (Å²) in [6, 6.07) is 10.2. The van der Waals surface area contributed by atoms with Crippen molar-refractivity contribution in [3.8, 4) is 17.1 Å². The molecule has 3 N–H and O–H groups in total. The molecular formula is C20H21NO4. The smallest absolute Gasteiger partial charge is 0.342 e. The zero-order valence-corrected chi connectivity index (χ0v) is 14.3. The van der Waals surface area contributed by atoms with E-state index in [-0.39, 0.29) is 12.4 Å². The highest BCUT2D eigenvalue weighted by molar-refractivity contribution is 6.09. The Morgan fingerprint density at radius 2 is 1.92 bits per heavy atom. The van der Waals surface area contributed by atoms with Crippen LogP contribution in [0.3, 0.4) is 0 Å². The van der Waals surface area contributed by atoms with E-state index in [0.717, 1.165) is 18.4 Å². The van der Waals surface area contributed by atoms with Gasteiger partial charge in [0.2, 0.25) is 0 Å². The average molecular weight is 339 g/mol. The number of nitrogen functional groups attached to an aromatic ring is 1. The number of anilines is 1. The van der Waals surface area contributed by atoms with Gasteiger partial charge in [0, 0.05) is 22.7 Å². The Bertz CT molecular complexity index is 910. The summed E-state index contributed by atoms with van der Waals surface area (Å²) in [5.74, 6) is 0.130. The predicted molar refractivity (Wildman–Crippen MR) is 97.7 cm³/mol. The highest BCUT2D eigenvalue weighted by Crippen LogP contribution is 2.37. The zero-order valence-electron chi connectivity index (χ0n) is 14.3. The second-order valence-corrected chi connectivity index (χ2v) is 5.87. The SMILES string of the molecule is CCCc1cc2c(C(=O)OCC)c(-c3ccc(O)cc3)oc2cc1N. The molecule has 0 atom stereocenters. The number of aromatic hydroxyl groups is 1. The third-order valence-corrected chi connectivity index (χ3v) is 4.08. The lowest BCUT2D eigenvalue weighted by Crippen LogP contribution is -2.05. The molecule has 1 heterocycles. The number of aryl methyl sites for hydroxylation is 1. The molecule has 0 saturated carbocycles. The van der Waals surface area contributed by atoms with Gasteiger partial charge in [-0.05, 0) is 49.2 Å². The fraction of sp³-hybridized carbons (Fsp3) is 0.250. The Kier molecular flexibility index (Phi) is 4.65. The van der Waals surface area contributed by atoms with E-state index < -0.39 is 5.97 Å². The van der Waals surface area contributed by atoms with Crippen LogP contribution in [0.4, 0.5) is 5.69 Å². The van der Waals surface area contributed by atoms with Gasteiger partial charge in [-0.1, -0.05) is 13.3 Å². The van der Waals surface area contributed by atoms with E-state index in [1.165, 1.54) is 0 Å². The molecule has 0 unspecified atom stereocenters. The highest BCUT2D eigenvalue weighted by Gasteiger charge is 2.24. The number of esters is 1. The van der Waals surface area contributed by atoms with Crippen LogP contribution in [0.1, 0.15) is 36.2 Å². The highest BCUT2D eigenvalue weighted by atomic mass is 16.5. The quantitative estimate of drug-likeness (QED) is 0.527. The van der Waals surface area contributed by atoms with Crippen molar-refractivity contribution < 1.29 is 19.1 Å². The molecule has 5 nitrogen and oxygen atoms in total. The topological polar surface area (TPSA) is 85.7 Å². The van der Waals surface area contributed by atoms with Crippen LogP contribution in [-0.4, -0.2) is 17.7 Å². The van der Waals surface area contributed by atoms with E-state index in [1.54, 1.807) is 37.3 Å². The molecule has 0 fully saturated rings. The van der Waals surface area contributed by atoms with Gasteiger partial charge < -0.3 is 20.0 Å². The maximum Gasteiger partial charge on any atom is 0.342 e. The maximum atomic E-state index is 12.6. The van der Waals surface area contributed by atoms with Gasteiger partial charge in [0.05, 0.1) is 6.61 Å². The van der Waals surface area contributed by atoms with Crippen molar-refractivity contribution in [1.29, 1.82) is 0 Å². The van der Waals surface area contributed by atoms with Crippen molar-refractivity contribution in [2.75, 3.05) is 12.3 Å². The number of carbonyl (C=O) groups excluding carboxylic acids is 1. The van der Waals surface area contributed by atoms with Gasteiger partial charge in [-0.2, -0.15) is 0 Å². The second kappa shape index (κ2) is 6.89. The molecule has 0 aliphatic carbocycles. The first-order chi connectivity index (χ1) is 12.0. The van der Waals surface area contributed by atoms with Gasteiger partial charge in [-0.25, -0.2) is 4.79 Å². The van der Waals surface area contributed by atoms with Gasteiger partial charge in [-0.15, -0.1) is 0 Å². The Labute approximate surface area is 146 Å². The van der Waals surface area contributed by atoms with Crippen LogP contribution >= 0.6 is 0 Å². The number of ether oxygens (including phenoxy) is 1. The minimum Gasteiger partial charge on any atom is -0.508 e. The fourth-order valence-corrected chi connectivity index (χ4v) is 2.91. The number of nitrogens with two attached hydrogens (primary N) is 1. The number of furan rings is 1. The number of rotatable bonds is 5. The lowest BCUT2D eigenvalue weighted by atomic mass is 10.0. The molecule has 25 heavy (non-hydrogen) atoms. The minimum atomic E-state index is -0.434. The molecule has 3 aromatic rings. The van der Waals surface area contributed by atoms with Crippen LogP contribution in [0.5, 0.6) is 5.75 Å². The van der Waals surface area contributed by atoms with Gasteiger partial charge in [0.15, 0.2) is 0 Å². The summed E-state index contributed by atoms with van der Waals surface area (Å²) < 4.78 is 11.2. The largest absolute Gasteiger partial charge is 0.508 e. The van der Waals surface area contributed by atoms with Crippen molar-refractivity contribution in [2.45, 2.75) is 26.7 Å². The van der Waals surface area contributed by atoms with Crippen LogP contribution in [0.2, 0.25) is 0 Å². The lowest BCUT2D eigenvalue weighted by Gasteiger charge is -2.05. The Balaban J connectivity index is 2.26. The normalized spacial score (nSPS) is 11.0. The molecule has 0 bridgehead atoms. The molecule has 0 spiro atoms. The molecule has 0 radical (unpaired) electrons. The van der Waals surface area contributed by atoms with Gasteiger partial charge in [0.1, 0.15) is 22.7 Å². The van der Waals surface area contributed by atoms with Crippen molar-refractivity contribution >= 4 is 22.6 Å². The molecule has 2 aromatic carbocycles. The number of fused-ring (bicyclic) bond motifs is 1. The van der Waals surface area contributed by atoms with E-state index in [2.05, 4.69) is 6.92 Å². The van der Waals surface area contributed by atoms with Crippen LogP contribution in [0.25, 0.3) is 22.3 Å². The van der Waals surface area contributed by atoms with Crippen molar-refractivity contribution in [1.82, 2.24) is 0 Å². The molecule has 0 aliphatic rings.